The second kappa shape index (κ2) is 7.53. The molecule has 0 unspecified atom stereocenters. The molecular weight excluding hydrogens is 311 g/mol. The van der Waals surface area contributed by atoms with Crippen molar-refractivity contribution >= 4 is 28.4 Å². The molecule has 1 rings (SSSR count). The number of sulfonamides is 1. The van der Waals surface area contributed by atoms with Crippen LogP contribution >= 0.6 is 12.4 Å². The van der Waals surface area contributed by atoms with Crippen molar-refractivity contribution in [2.75, 3.05) is 13.7 Å². The van der Waals surface area contributed by atoms with Gasteiger partial charge >= 0.3 is 5.97 Å². The molecule has 0 saturated heterocycles. The summed E-state index contributed by atoms with van der Waals surface area (Å²) in [5.41, 5.74) is 4.97. The van der Waals surface area contributed by atoms with Crippen molar-refractivity contribution < 1.29 is 22.3 Å². The molecule has 0 aromatic heterocycles. The molecule has 20 heavy (non-hydrogen) atoms. The Bertz CT molecular complexity index is 580. The second-order valence-corrected chi connectivity index (χ2v) is 5.57. The number of nitrogens with two attached hydrogens (primary N) is 1. The standard InChI is InChI=1S/C11H15FN2O4S.ClH/c1-7(6-13)14-19(16,17)10-4-3-8(12)5-9(10)11(15)18-2;/h3-5,7,14H,6,13H2,1-2H3;1H/t7-;/m0./s1. The van der Waals surface area contributed by atoms with Crippen LogP contribution in [-0.4, -0.2) is 34.1 Å². The highest BCUT2D eigenvalue weighted by Crippen LogP contribution is 2.18. The van der Waals surface area contributed by atoms with Crippen LogP contribution in [0.25, 0.3) is 0 Å². The third-order valence-corrected chi connectivity index (χ3v) is 3.99. The van der Waals surface area contributed by atoms with Crippen LogP contribution in [0, 0.1) is 5.82 Å². The summed E-state index contributed by atoms with van der Waals surface area (Å²) in [6.45, 7) is 1.66. The minimum atomic E-state index is -3.97. The molecule has 0 fully saturated rings. The van der Waals surface area contributed by atoms with Gasteiger partial charge in [-0.2, -0.15) is 0 Å². The van der Waals surface area contributed by atoms with E-state index in [9.17, 15) is 17.6 Å². The molecular formula is C11H16ClFN2O4S. The van der Waals surface area contributed by atoms with Crippen molar-refractivity contribution in [2.45, 2.75) is 17.9 Å². The summed E-state index contributed by atoms with van der Waals surface area (Å²) in [5, 5.41) is 0. The quantitative estimate of drug-likeness (QED) is 0.774. The maximum absolute atomic E-state index is 13.1. The molecule has 1 aromatic rings. The number of carbonyl (C=O) groups is 1. The van der Waals surface area contributed by atoms with Crippen LogP contribution in [-0.2, 0) is 14.8 Å². The highest BCUT2D eigenvalue weighted by atomic mass is 35.5. The Morgan fingerprint density at radius 2 is 2.10 bits per heavy atom. The second-order valence-electron chi connectivity index (χ2n) is 3.89. The van der Waals surface area contributed by atoms with Gasteiger partial charge in [0.15, 0.2) is 0 Å². The number of carbonyl (C=O) groups excluding carboxylic acids is 1. The maximum Gasteiger partial charge on any atom is 0.339 e. The van der Waals surface area contributed by atoms with Gasteiger partial charge in [0.2, 0.25) is 10.0 Å². The number of nitrogens with one attached hydrogen (secondary N) is 1. The van der Waals surface area contributed by atoms with Crippen LogP contribution in [0.4, 0.5) is 4.39 Å². The van der Waals surface area contributed by atoms with Crippen LogP contribution in [0.15, 0.2) is 23.1 Å². The highest BCUT2D eigenvalue weighted by molar-refractivity contribution is 7.89. The predicted octanol–water partition coefficient (Wildman–Crippen LogP) is 0.660. The fourth-order valence-corrected chi connectivity index (χ4v) is 2.81. The van der Waals surface area contributed by atoms with Crippen LogP contribution in [0.2, 0.25) is 0 Å². The van der Waals surface area contributed by atoms with E-state index >= 15 is 0 Å². The molecule has 0 aliphatic rings. The smallest absolute Gasteiger partial charge is 0.339 e. The minimum Gasteiger partial charge on any atom is -0.465 e. The van der Waals surface area contributed by atoms with Crippen LogP contribution in [0.1, 0.15) is 17.3 Å². The zero-order valence-corrected chi connectivity index (χ0v) is 12.6. The van der Waals surface area contributed by atoms with E-state index in [4.69, 9.17) is 5.73 Å². The first kappa shape index (κ1) is 18.8. The topological polar surface area (TPSA) is 98.5 Å². The molecule has 9 heteroatoms. The van der Waals surface area contributed by atoms with Crippen molar-refractivity contribution in [1.82, 2.24) is 4.72 Å². The van der Waals surface area contributed by atoms with Gasteiger partial charge in [0.25, 0.3) is 0 Å². The lowest BCUT2D eigenvalue weighted by atomic mass is 10.2. The normalized spacial score (nSPS) is 12.4. The van der Waals surface area contributed by atoms with Gasteiger partial charge in [-0.1, -0.05) is 0 Å². The molecule has 0 heterocycles. The number of benzene rings is 1. The lowest BCUT2D eigenvalue weighted by Gasteiger charge is -2.14. The average Bonchev–Trinajstić information content (AvgIpc) is 2.36. The number of hydrogen-bond acceptors (Lipinski definition) is 5. The van der Waals surface area contributed by atoms with E-state index in [2.05, 4.69) is 9.46 Å². The minimum absolute atomic E-state index is 0. The summed E-state index contributed by atoms with van der Waals surface area (Å²) < 4.78 is 43.9. The molecule has 0 aliphatic heterocycles. The number of ether oxygens (including phenoxy) is 1. The van der Waals surface area contributed by atoms with Gasteiger partial charge in [-0.15, -0.1) is 12.4 Å². The molecule has 0 spiro atoms. The third-order valence-electron chi connectivity index (χ3n) is 2.35. The first-order valence-corrected chi connectivity index (χ1v) is 6.90. The molecule has 0 aliphatic carbocycles. The fourth-order valence-electron chi connectivity index (χ4n) is 1.38. The molecule has 1 atom stereocenters. The van der Waals surface area contributed by atoms with Crippen LogP contribution in [0.3, 0.4) is 0 Å². The largest absolute Gasteiger partial charge is 0.465 e. The Morgan fingerprint density at radius 1 is 1.50 bits per heavy atom. The van der Waals surface area contributed by atoms with E-state index < -0.39 is 27.9 Å². The number of methoxy groups -OCH3 is 1. The monoisotopic (exact) mass is 326 g/mol. The number of rotatable bonds is 5. The van der Waals surface area contributed by atoms with E-state index in [0.29, 0.717) is 0 Å². The van der Waals surface area contributed by atoms with Crippen LogP contribution < -0.4 is 10.5 Å². The molecule has 0 radical (unpaired) electrons. The first-order valence-electron chi connectivity index (χ1n) is 5.42. The van der Waals surface area contributed by atoms with E-state index in [0.717, 1.165) is 25.3 Å². The van der Waals surface area contributed by atoms with Crippen molar-refractivity contribution in [1.29, 1.82) is 0 Å². The molecule has 0 amide bonds. The van der Waals surface area contributed by atoms with Gasteiger partial charge < -0.3 is 10.5 Å². The fraction of sp³-hybridized carbons (Fsp3) is 0.364. The lowest BCUT2D eigenvalue weighted by Crippen LogP contribution is -2.38. The summed E-state index contributed by atoms with van der Waals surface area (Å²) >= 11 is 0. The molecule has 0 bridgehead atoms. The third kappa shape index (κ3) is 4.41. The van der Waals surface area contributed by atoms with Gasteiger partial charge in [0, 0.05) is 12.6 Å². The zero-order valence-electron chi connectivity index (χ0n) is 10.9. The molecule has 6 nitrogen and oxygen atoms in total. The van der Waals surface area contributed by atoms with Gasteiger partial charge in [0.05, 0.1) is 17.6 Å². The van der Waals surface area contributed by atoms with E-state index in [1.807, 2.05) is 0 Å². The van der Waals surface area contributed by atoms with Crippen molar-refractivity contribution in [3.63, 3.8) is 0 Å². The number of esters is 1. The summed E-state index contributed by atoms with van der Waals surface area (Å²) in [7, 11) is -2.89. The Morgan fingerprint density at radius 3 is 2.60 bits per heavy atom. The summed E-state index contributed by atoms with van der Waals surface area (Å²) in [6.07, 6.45) is 0. The average molecular weight is 327 g/mol. The molecule has 0 saturated carbocycles. The number of halogens is 2. The van der Waals surface area contributed by atoms with Crippen molar-refractivity contribution in [3.8, 4) is 0 Å². The Kier molecular flexibility index (Phi) is 7.07. The SMILES string of the molecule is COC(=O)c1cc(F)ccc1S(=O)(=O)N[C@@H](C)CN.Cl. The first-order chi connectivity index (χ1) is 8.81. The van der Waals surface area contributed by atoms with Crippen LogP contribution in [0.5, 0.6) is 0 Å². The zero-order chi connectivity index (χ0) is 14.6. The summed E-state index contributed by atoms with van der Waals surface area (Å²) in [4.78, 5) is 11.1. The predicted molar refractivity (Wildman–Crippen MR) is 73.8 cm³/mol. The van der Waals surface area contributed by atoms with Crippen molar-refractivity contribution in [3.05, 3.63) is 29.6 Å². The molecule has 1 aromatic carbocycles. The van der Waals surface area contributed by atoms with Gasteiger partial charge in [-0.3, -0.25) is 0 Å². The Labute approximate surface area is 123 Å². The molecule has 3 N–H and O–H groups in total. The van der Waals surface area contributed by atoms with Crippen molar-refractivity contribution in [2.24, 2.45) is 5.73 Å². The van der Waals surface area contributed by atoms with Gasteiger partial charge in [-0.25, -0.2) is 22.3 Å². The Balaban J connectivity index is 0.00000361. The summed E-state index contributed by atoms with van der Waals surface area (Å²) in [6, 6.07) is 2.26. The highest BCUT2D eigenvalue weighted by Gasteiger charge is 2.24. The van der Waals surface area contributed by atoms with E-state index in [1.165, 1.54) is 0 Å². The van der Waals surface area contributed by atoms with E-state index in [-0.39, 0.29) is 29.4 Å². The van der Waals surface area contributed by atoms with E-state index in [1.54, 1.807) is 6.92 Å². The van der Waals surface area contributed by atoms with Gasteiger partial charge in [0.1, 0.15) is 5.82 Å². The Hall–Kier alpha value is -1.22. The van der Waals surface area contributed by atoms with Gasteiger partial charge in [-0.05, 0) is 25.1 Å². The maximum atomic E-state index is 13.1. The summed E-state index contributed by atoms with van der Waals surface area (Å²) in [5.74, 6) is -1.66. The molecule has 114 valence electrons. The number of hydrogen-bond donors (Lipinski definition) is 2. The lowest BCUT2D eigenvalue weighted by molar-refractivity contribution is 0.0595.